The van der Waals surface area contributed by atoms with Crippen LogP contribution in [0.1, 0.15) is 19.8 Å². The summed E-state index contributed by atoms with van der Waals surface area (Å²) in [6, 6.07) is 0. The molecule has 0 aliphatic rings. The Hall–Kier alpha value is 0.540. The molecule has 0 aliphatic carbocycles. The van der Waals surface area contributed by atoms with Crippen LogP contribution in [0.3, 0.4) is 0 Å². The average Bonchev–Trinajstić information content (AvgIpc) is 1.81. The Labute approximate surface area is 75.6 Å². The minimum Gasteiger partial charge on any atom is -0.281 e. The Morgan fingerprint density at radius 1 is 1.50 bits per heavy atom. The molecule has 0 radical (unpaired) electrons. The zero-order valence-electron chi connectivity index (χ0n) is 5.61. The Morgan fingerprint density at radius 3 is 2.10 bits per heavy atom. The molecule has 0 saturated carbocycles. The molecule has 1 unspecified atom stereocenters. The number of hydrogen-bond acceptors (Lipinski definition) is 1. The van der Waals surface area contributed by atoms with Crippen LogP contribution in [0.4, 0.5) is 0 Å². The highest BCUT2D eigenvalue weighted by atomic mass is 35.5. The van der Waals surface area contributed by atoms with Crippen LogP contribution in [-0.2, 0) is 4.79 Å². The van der Waals surface area contributed by atoms with Gasteiger partial charge >= 0.3 is 0 Å². The van der Waals surface area contributed by atoms with Gasteiger partial charge in [0.2, 0.25) is 5.24 Å². The molecule has 0 saturated heterocycles. The summed E-state index contributed by atoms with van der Waals surface area (Å²) in [6.07, 6.45) is 1.03. The highest BCUT2D eigenvalue weighted by molar-refractivity contribution is 6.63. The van der Waals surface area contributed by atoms with Gasteiger partial charge in [0.1, 0.15) is 4.84 Å². The molecule has 60 valence electrons. The Morgan fingerprint density at radius 2 is 2.00 bits per heavy atom. The second kappa shape index (κ2) is 5.22. The van der Waals surface area contributed by atoms with Crippen molar-refractivity contribution in [3.05, 3.63) is 0 Å². The third kappa shape index (κ3) is 4.37. The molecule has 0 amide bonds. The molecule has 0 aromatic rings. The van der Waals surface area contributed by atoms with Crippen LogP contribution < -0.4 is 0 Å². The van der Waals surface area contributed by atoms with E-state index in [0.29, 0.717) is 0 Å². The van der Waals surface area contributed by atoms with Gasteiger partial charge in [-0.2, -0.15) is 0 Å². The van der Waals surface area contributed by atoms with E-state index < -0.39 is 4.84 Å². The van der Waals surface area contributed by atoms with Crippen molar-refractivity contribution in [3.63, 3.8) is 0 Å². The van der Waals surface area contributed by atoms with E-state index in [9.17, 15) is 4.79 Å². The van der Waals surface area contributed by atoms with Gasteiger partial charge in [-0.05, 0) is 17.5 Å². The van der Waals surface area contributed by atoms with E-state index in [1.165, 1.54) is 0 Å². The lowest BCUT2D eigenvalue weighted by atomic mass is 10.1. The molecule has 1 atom stereocenters. The van der Waals surface area contributed by atoms with Crippen molar-refractivity contribution >= 4 is 40.0 Å². The fourth-order valence-electron chi connectivity index (χ4n) is 0.618. The molecule has 0 N–H and O–H groups in total. The third-order valence-corrected chi connectivity index (χ3v) is 2.17. The van der Waals surface area contributed by atoms with E-state index >= 15 is 0 Å². The van der Waals surface area contributed by atoms with Gasteiger partial charge in [-0.3, -0.25) is 4.79 Å². The van der Waals surface area contributed by atoms with Crippen LogP contribution in [0, 0.1) is 5.92 Å². The summed E-state index contributed by atoms with van der Waals surface area (Å²) >= 11 is 16.2. The van der Waals surface area contributed by atoms with E-state index in [4.69, 9.17) is 34.8 Å². The molecule has 0 fully saturated rings. The summed E-state index contributed by atoms with van der Waals surface area (Å²) in [5, 5.41) is -0.377. The SMILES string of the molecule is CCC(CC(=O)Cl)C(Cl)Cl. The van der Waals surface area contributed by atoms with Crippen LogP contribution in [0.2, 0.25) is 0 Å². The molecule has 0 spiro atoms. The summed E-state index contributed by atoms with van der Waals surface area (Å²) < 4.78 is 0. The number of halogens is 3. The predicted molar refractivity (Wildman–Crippen MR) is 44.8 cm³/mol. The zero-order valence-corrected chi connectivity index (χ0v) is 7.88. The molecular formula is C6H9Cl3O. The quantitative estimate of drug-likeness (QED) is 0.507. The topological polar surface area (TPSA) is 17.1 Å². The maximum Gasteiger partial charge on any atom is 0.222 e. The Bertz CT molecular complexity index is 114. The first-order valence-corrected chi connectivity index (χ1v) is 4.29. The summed E-state index contributed by atoms with van der Waals surface area (Å²) in [5.41, 5.74) is 0. The lowest BCUT2D eigenvalue weighted by molar-refractivity contribution is -0.112. The maximum absolute atomic E-state index is 10.4. The standard InChI is InChI=1S/C6H9Cl3O/c1-2-4(6(8)9)3-5(7)10/h4,6H,2-3H2,1H3. The van der Waals surface area contributed by atoms with Gasteiger partial charge in [-0.15, -0.1) is 23.2 Å². The Kier molecular flexibility index (Phi) is 5.51. The predicted octanol–water partition coefficient (Wildman–Crippen LogP) is 2.97. The summed E-state index contributed by atoms with van der Waals surface area (Å²) in [7, 11) is 0. The van der Waals surface area contributed by atoms with Gasteiger partial charge in [0.25, 0.3) is 0 Å². The average molecular weight is 203 g/mol. The van der Waals surface area contributed by atoms with Crippen LogP contribution >= 0.6 is 34.8 Å². The van der Waals surface area contributed by atoms with Gasteiger partial charge in [0.15, 0.2) is 0 Å². The first-order valence-electron chi connectivity index (χ1n) is 3.04. The second-order valence-electron chi connectivity index (χ2n) is 2.06. The van der Waals surface area contributed by atoms with Gasteiger partial charge < -0.3 is 0 Å². The lowest BCUT2D eigenvalue weighted by Crippen LogP contribution is -2.10. The van der Waals surface area contributed by atoms with E-state index in [-0.39, 0.29) is 17.6 Å². The number of carbonyl (C=O) groups is 1. The van der Waals surface area contributed by atoms with Crippen LogP contribution in [-0.4, -0.2) is 10.1 Å². The molecule has 10 heavy (non-hydrogen) atoms. The molecular weight excluding hydrogens is 194 g/mol. The molecule has 4 heteroatoms. The van der Waals surface area contributed by atoms with Crippen LogP contribution in [0.15, 0.2) is 0 Å². The van der Waals surface area contributed by atoms with Crippen molar-refractivity contribution in [2.45, 2.75) is 24.6 Å². The molecule has 0 heterocycles. The number of rotatable bonds is 4. The van der Waals surface area contributed by atoms with Crippen molar-refractivity contribution in [2.75, 3.05) is 0 Å². The number of alkyl halides is 2. The van der Waals surface area contributed by atoms with Gasteiger partial charge in [0, 0.05) is 6.42 Å². The molecule has 1 nitrogen and oxygen atoms in total. The van der Waals surface area contributed by atoms with Crippen molar-refractivity contribution in [3.8, 4) is 0 Å². The van der Waals surface area contributed by atoms with E-state index in [2.05, 4.69) is 0 Å². The highest BCUT2D eigenvalue weighted by Gasteiger charge is 2.17. The van der Waals surface area contributed by atoms with Crippen molar-refractivity contribution in [1.29, 1.82) is 0 Å². The fourth-order valence-corrected chi connectivity index (χ4v) is 1.35. The third-order valence-electron chi connectivity index (χ3n) is 1.30. The summed E-state index contributed by atoms with van der Waals surface area (Å²) in [6.45, 7) is 1.92. The largest absolute Gasteiger partial charge is 0.281 e. The van der Waals surface area contributed by atoms with Crippen molar-refractivity contribution in [1.82, 2.24) is 0 Å². The minimum absolute atomic E-state index is 0.00617. The summed E-state index contributed by atoms with van der Waals surface area (Å²) in [5.74, 6) is -0.00617. The highest BCUT2D eigenvalue weighted by Crippen LogP contribution is 2.22. The molecule has 0 aromatic carbocycles. The van der Waals surface area contributed by atoms with Crippen molar-refractivity contribution < 1.29 is 4.79 Å². The first kappa shape index (κ1) is 10.5. The second-order valence-corrected chi connectivity index (χ2v) is 3.65. The number of hydrogen-bond donors (Lipinski definition) is 0. The Balaban J connectivity index is 3.71. The van der Waals surface area contributed by atoms with Crippen molar-refractivity contribution in [2.24, 2.45) is 5.92 Å². The smallest absolute Gasteiger partial charge is 0.222 e. The van der Waals surface area contributed by atoms with Gasteiger partial charge in [0.05, 0.1) is 0 Å². The van der Waals surface area contributed by atoms with Crippen LogP contribution in [0.5, 0.6) is 0 Å². The lowest BCUT2D eigenvalue weighted by Gasteiger charge is -2.11. The van der Waals surface area contributed by atoms with Gasteiger partial charge in [-0.1, -0.05) is 13.3 Å². The monoisotopic (exact) mass is 202 g/mol. The summed E-state index contributed by atoms with van der Waals surface area (Å²) in [4.78, 5) is 9.87. The van der Waals surface area contributed by atoms with Crippen LogP contribution in [0.25, 0.3) is 0 Å². The van der Waals surface area contributed by atoms with Gasteiger partial charge in [-0.25, -0.2) is 0 Å². The van der Waals surface area contributed by atoms with E-state index in [1.54, 1.807) is 0 Å². The first-order chi connectivity index (χ1) is 4.57. The number of carbonyl (C=O) groups excluding carboxylic acids is 1. The molecule has 0 aliphatic heterocycles. The molecule has 0 bridgehead atoms. The maximum atomic E-state index is 10.4. The normalized spacial score (nSPS) is 13.7. The minimum atomic E-state index is -0.493. The molecule has 0 aromatic heterocycles. The zero-order chi connectivity index (χ0) is 8.15. The fraction of sp³-hybridized carbons (Fsp3) is 0.833. The van der Waals surface area contributed by atoms with E-state index in [1.807, 2.05) is 6.92 Å². The van der Waals surface area contributed by atoms with E-state index in [0.717, 1.165) is 6.42 Å². The molecule has 0 rings (SSSR count).